The van der Waals surface area contributed by atoms with Gasteiger partial charge >= 0.3 is 0 Å². The maximum absolute atomic E-state index is 9.48. The highest BCUT2D eigenvalue weighted by molar-refractivity contribution is 6.32. The van der Waals surface area contributed by atoms with Gasteiger partial charge in [-0.1, -0.05) is 11.6 Å². The van der Waals surface area contributed by atoms with Crippen LogP contribution >= 0.6 is 11.6 Å². The van der Waals surface area contributed by atoms with E-state index in [9.17, 15) is 5.11 Å². The molecule has 2 N–H and O–H groups in total. The largest absolute Gasteiger partial charge is 0.506 e. The van der Waals surface area contributed by atoms with Gasteiger partial charge in [-0.2, -0.15) is 0 Å². The standard InChI is InChI=1S/C12H16ClNO/c1-8-5-12(15)11(13)6-10(8)9-3-2-4-14-7-9/h5-6,9,14-15H,2-4,7H2,1H3. The highest BCUT2D eigenvalue weighted by Crippen LogP contribution is 2.33. The van der Waals surface area contributed by atoms with Crippen LogP contribution in [0.5, 0.6) is 5.75 Å². The Morgan fingerprint density at radius 1 is 1.47 bits per heavy atom. The van der Waals surface area contributed by atoms with Gasteiger partial charge in [0.05, 0.1) is 5.02 Å². The summed E-state index contributed by atoms with van der Waals surface area (Å²) in [5, 5.41) is 13.3. The maximum atomic E-state index is 9.48. The second-order valence-corrected chi connectivity index (χ2v) is 4.61. The van der Waals surface area contributed by atoms with Crippen molar-refractivity contribution >= 4 is 11.6 Å². The third kappa shape index (κ3) is 2.27. The topological polar surface area (TPSA) is 32.3 Å². The number of phenolic OH excluding ortho intramolecular Hbond substituents is 1. The average Bonchev–Trinajstić information content (AvgIpc) is 2.25. The van der Waals surface area contributed by atoms with E-state index < -0.39 is 0 Å². The number of hydrogen-bond donors (Lipinski definition) is 2. The quantitative estimate of drug-likeness (QED) is 0.771. The van der Waals surface area contributed by atoms with Gasteiger partial charge in [-0.15, -0.1) is 0 Å². The lowest BCUT2D eigenvalue weighted by Gasteiger charge is -2.24. The first-order valence-corrected chi connectivity index (χ1v) is 5.76. The molecule has 0 saturated carbocycles. The first-order chi connectivity index (χ1) is 7.18. The van der Waals surface area contributed by atoms with Gasteiger partial charge in [-0.25, -0.2) is 0 Å². The van der Waals surface area contributed by atoms with Crippen molar-refractivity contribution in [3.63, 3.8) is 0 Å². The normalized spacial score (nSPS) is 21.6. The molecule has 1 aromatic rings. The molecule has 1 heterocycles. The Morgan fingerprint density at radius 3 is 2.93 bits per heavy atom. The third-order valence-electron chi connectivity index (χ3n) is 3.07. The number of benzene rings is 1. The SMILES string of the molecule is Cc1cc(O)c(Cl)cc1C1CCCNC1. The molecule has 82 valence electrons. The van der Waals surface area contributed by atoms with E-state index in [1.807, 2.05) is 13.0 Å². The zero-order chi connectivity index (χ0) is 10.8. The minimum absolute atomic E-state index is 0.182. The molecule has 0 aromatic heterocycles. The van der Waals surface area contributed by atoms with E-state index in [0.717, 1.165) is 18.7 Å². The van der Waals surface area contributed by atoms with Crippen LogP contribution in [-0.4, -0.2) is 18.2 Å². The summed E-state index contributed by atoms with van der Waals surface area (Å²) in [6, 6.07) is 3.66. The van der Waals surface area contributed by atoms with Crippen LogP contribution in [0.25, 0.3) is 0 Å². The molecule has 1 aliphatic heterocycles. The van der Waals surface area contributed by atoms with Crippen LogP contribution in [0.4, 0.5) is 0 Å². The molecule has 1 saturated heterocycles. The fourth-order valence-electron chi connectivity index (χ4n) is 2.24. The zero-order valence-corrected chi connectivity index (χ0v) is 9.64. The molecule has 1 unspecified atom stereocenters. The summed E-state index contributed by atoms with van der Waals surface area (Å²) in [5.74, 6) is 0.721. The van der Waals surface area contributed by atoms with E-state index in [1.54, 1.807) is 6.07 Å². The van der Waals surface area contributed by atoms with Gasteiger partial charge in [0.25, 0.3) is 0 Å². The second-order valence-electron chi connectivity index (χ2n) is 4.20. The van der Waals surface area contributed by atoms with E-state index in [4.69, 9.17) is 11.6 Å². The van der Waals surface area contributed by atoms with Crippen molar-refractivity contribution < 1.29 is 5.11 Å². The van der Waals surface area contributed by atoms with Gasteiger partial charge < -0.3 is 10.4 Å². The van der Waals surface area contributed by atoms with Crippen LogP contribution in [0.2, 0.25) is 5.02 Å². The van der Waals surface area contributed by atoms with Gasteiger partial charge in [-0.05, 0) is 55.5 Å². The number of aromatic hydroxyl groups is 1. The number of nitrogens with one attached hydrogen (secondary N) is 1. The summed E-state index contributed by atoms with van der Waals surface area (Å²) >= 11 is 5.93. The Hall–Kier alpha value is -0.730. The van der Waals surface area contributed by atoms with Crippen molar-refractivity contribution in [2.24, 2.45) is 0 Å². The summed E-state index contributed by atoms with van der Waals surface area (Å²) in [5.41, 5.74) is 2.40. The molecule has 1 aliphatic rings. The fraction of sp³-hybridized carbons (Fsp3) is 0.500. The molecule has 15 heavy (non-hydrogen) atoms. The smallest absolute Gasteiger partial charge is 0.134 e. The van der Waals surface area contributed by atoms with Crippen LogP contribution in [0.15, 0.2) is 12.1 Å². The molecular weight excluding hydrogens is 210 g/mol. The highest BCUT2D eigenvalue weighted by Gasteiger charge is 2.18. The number of phenols is 1. The van der Waals surface area contributed by atoms with Crippen molar-refractivity contribution in [3.8, 4) is 5.75 Å². The molecule has 0 bridgehead atoms. The van der Waals surface area contributed by atoms with E-state index in [2.05, 4.69) is 5.32 Å². The van der Waals surface area contributed by atoms with E-state index in [-0.39, 0.29) is 5.75 Å². The molecule has 2 rings (SSSR count). The van der Waals surface area contributed by atoms with Crippen LogP contribution in [0, 0.1) is 6.92 Å². The van der Waals surface area contributed by atoms with E-state index >= 15 is 0 Å². The van der Waals surface area contributed by atoms with Crippen molar-refractivity contribution in [1.82, 2.24) is 5.32 Å². The van der Waals surface area contributed by atoms with Gasteiger partial charge in [0.15, 0.2) is 0 Å². The predicted octanol–water partition coefficient (Wildman–Crippen LogP) is 2.82. The number of halogens is 1. The summed E-state index contributed by atoms with van der Waals surface area (Å²) in [4.78, 5) is 0. The van der Waals surface area contributed by atoms with Crippen LogP contribution in [-0.2, 0) is 0 Å². The molecule has 3 heteroatoms. The molecule has 0 aliphatic carbocycles. The molecule has 0 amide bonds. The predicted molar refractivity (Wildman–Crippen MR) is 62.7 cm³/mol. The van der Waals surface area contributed by atoms with Crippen LogP contribution < -0.4 is 5.32 Å². The van der Waals surface area contributed by atoms with Gasteiger partial charge in [-0.3, -0.25) is 0 Å². The summed E-state index contributed by atoms with van der Waals surface area (Å²) in [6.45, 7) is 4.16. The number of rotatable bonds is 1. The molecule has 1 aromatic carbocycles. The van der Waals surface area contributed by atoms with E-state index in [0.29, 0.717) is 10.9 Å². The van der Waals surface area contributed by atoms with E-state index in [1.165, 1.54) is 18.4 Å². The van der Waals surface area contributed by atoms with Gasteiger partial charge in [0.2, 0.25) is 0 Å². The lowest BCUT2D eigenvalue weighted by Crippen LogP contribution is -2.28. The molecular formula is C12H16ClNO. The Balaban J connectivity index is 2.30. The maximum Gasteiger partial charge on any atom is 0.134 e. The lowest BCUT2D eigenvalue weighted by molar-refractivity contribution is 0.456. The Morgan fingerprint density at radius 2 is 2.27 bits per heavy atom. The third-order valence-corrected chi connectivity index (χ3v) is 3.37. The van der Waals surface area contributed by atoms with Crippen molar-refractivity contribution in [3.05, 3.63) is 28.3 Å². The Labute approximate surface area is 95.3 Å². The molecule has 1 fully saturated rings. The molecule has 1 atom stereocenters. The Bertz CT molecular complexity index is 359. The molecule has 2 nitrogen and oxygen atoms in total. The van der Waals surface area contributed by atoms with Crippen LogP contribution in [0.3, 0.4) is 0 Å². The summed E-state index contributed by atoms with van der Waals surface area (Å²) in [7, 11) is 0. The summed E-state index contributed by atoms with van der Waals surface area (Å²) in [6.07, 6.45) is 2.41. The number of aryl methyl sites for hydroxylation is 1. The summed E-state index contributed by atoms with van der Waals surface area (Å²) < 4.78 is 0. The Kier molecular flexibility index (Phi) is 3.17. The van der Waals surface area contributed by atoms with Crippen molar-refractivity contribution in [2.75, 3.05) is 13.1 Å². The van der Waals surface area contributed by atoms with Gasteiger partial charge in [0.1, 0.15) is 5.75 Å². The molecule has 0 spiro atoms. The van der Waals surface area contributed by atoms with Crippen molar-refractivity contribution in [2.45, 2.75) is 25.7 Å². The minimum atomic E-state index is 0.182. The first kappa shape index (κ1) is 10.8. The zero-order valence-electron chi connectivity index (χ0n) is 8.89. The second kappa shape index (κ2) is 4.42. The van der Waals surface area contributed by atoms with Gasteiger partial charge in [0, 0.05) is 6.54 Å². The minimum Gasteiger partial charge on any atom is -0.506 e. The molecule has 0 radical (unpaired) electrons. The first-order valence-electron chi connectivity index (χ1n) is 5.38. The lowest BCUT2D eigenvalue weighted by atomic mass is 9.89. The van der Waals surface area contributed by atoms with Crippen molar-refractivity contribution in [1.29, 1.82) is 0 Å². The number of hydrogen-bond acceptors (Lipinski definition) is 2. The number of piperidine rings is 1. The fourth-order valence-corrected chi connectivity index (χ4v) is 2.41. The average molecular weight is 226 g/mol. The highest BCUT2D eigenvalue weighted by atomic mass is 35.5. The van der Waals surface area contributed by atoms with Crippen LogP contribution in [0.1, 0.15) is 29.9 Å². The monoisotopic (exact) mass is 225 g/mol.